The summed E-state index contributed by atoms with van der Waals surface area (Å²) in [5.74, 6) is 0.929. The summed E-state index contributed by atoms with van der Waals surface area (Å²) in [4.78, 5) is 12.9. The maximum Gasteiger partial charge on any atom is 0.250 e. The second-order valence-corrected chi connectivity index (χ2v) is 9.15. The standard InChI is InChI=1S/C23H20ClIN2O2S/c1-16-2-4-17(5-3-16)14-29-22-11-6-18(12-21(22)25)13-26-27-23(28)15-30-20-9-7-19(24)8-10-20/h2-13H,14-15H2,1H3,(H,27,28)/b26-13-. The number of hydrogen-bond donors (Lipinski definition) is 1. The molecule has 30 heavy (non-hydrogen) atoms. The predicted octanol–water partition coefficient (Wildman–Crippen LogP) is 6.07. The molecular weight excluding hydrogens is 531 g/mol. The van der Waals surface area contributed by atoms with Gasteiger partial charge in [0, 0.05) is 9.92 Å². The van der Waals surface area contributed by atoms with Crippen molar-refractivity contribution in [3.8, 4) is 5.75 Å². The van der Waals surface area contributed by atoms with E-state index in [9.17, 15) is 4.79 Å². The van der Waals surface area contributed by atoms with Crippen LogP contribution in [0.2, 0.25) is 5.02 Å². The number of thioether (sulfide) groups is 1. The topological polar surface area (TPSA) is 50.7 Å². The largest absolute Gasteiger partial charge is 0.488 e. The van der Waals surface area contributed by atoms with Crippen LogP contribution in [-0.4, -0.2) is 17.9 Å². The summed E-state index contributed by atoms with van der Waals surface area (Å²) in [5, 5.41) is 4.71. The van der Waals surface area contributed by atoms with Gasteiger partial charge in [0.25, 0.3) is 0 Å². The van der Waals surface area contributed by atoms with Crippen molar-refractivity contribution in [3.05, 3.63) is 92.0 Å². The molecule has 154 valence electrons. The van der Waals surface area contributed by atoms with E-state index in [-0.39, 0.29) is 11.7 Å². The summed E-state index contributed by atoms with van der Waals surface area (Å²) in [6.45, 7) is 2.58. The second-order valence-electron chi connectivity index (χ2n) is 6.50. The number of amides is 1. The molecule has 1 N–H and O–H groups in total. The molecule has 3 aromatic carbocycles. The summed E-state index contributed by atoms with van der Waals surface area (Å²) >= 11 is 9.52. The Morgan fingerprint density at radius 1 is 1.13 bits per heavy atom. The quantitative estimate of drug-likeness (QED) is 0.160. The number of ether oxygens (including phenoxy) is 1. The van der Waals surface area contributed by atoms with Gasteiger partial charge >= 0.3 is 0 Å². The van der Waals surface area contributed by atoms with Crippen molar-refractivity contribution in [1.82, 2.24) is 5.43 Å². The van der Waals surface area contributed by atoms with E-state index in [1.54, 1.807) is 18.3 Å². The Balaban J connectivity index is 1.47. The Morgan fingerprint density at radius 2 is 1.87 bits per heavy atom. The van der Waals surface area contributed by atoms with Crippen molar-refractivity contribution in [1.29, 1.82) is 0 Å². The third-order valence-electron chi connectivity index (χ3n) is 4.06. The van der Waals surface area contributed by atoms with Crippen molar-refractivity contribution in [2.75, 3.05) is 5.75 Å². The molecule has 0 heterocycles. The summed E-state index contributed by atoms with van der Waals surface area (Å²) in [5.41, 5.74) is 5.79. The Labute approximate surface area is 199 Å². The second kappa shape index (κ2) is 11.4. The first-order valence-electron chi connectivity index (χ1n) is 9.18. The minimum Gasteiger partial charge on any atom is -0.488 e. The van der Waals surface area contributed by atoms with Gasteiger partial charge in [0.15, 0.2) is 0 Å². The van der Waals surface area contributed by atoms with Crippen LogP contribution in [0.1, 0.15) is 16.7 Å². The zero-order valence-corrected chi connectivity index (χ0v) is 20.0. The van der Waals surface area contributed by atoms with E-state index in [2.05, 4.69) is 64.3 Å². The van der Waals surface area contributed by atoms with Crippen molar-refractivity contribution >= 4 is 58.1 Å². The van der Waals surface area contributed by atoms with Crippen LogP contribution < -0.4 is 10.2 Å². The molecule has 0 fully saturated rings. The third-order valence-corrected chi connectivity index (χ3v) is 6.16. The van der Waals surface area contributed by atoms with Gasteiger partial charge in [0.1, 0.15) is 12.4 Å². The number of halogens is 2. The molecule has 0 atom stereocenters. The summed E-state index contributed by atoms with van der Waals surface area (Å²) in [6.07, 6.45) is 1.62. The average molecular weight is 551 g/mol. The van der Waals surface area contributed by atoms with Crippen LogP contribution in [0.5, 0.6) is 5.75 Å². The molecule has 1 amide bonds. The van der Waals surface area contributed by atoms with E-state index in [1.807, 2.05) is 30.3 Å². The lowest BCUT2D eigenvalue weighted by Gasteiger charge is -2.09. The van der Waals surface area contributed by atoms with Gasteiger partial charge in [0.2, 0.25) is 5.91 Å². The van der Waals surface area contributed by atoms with E-state index in [0.717, 1.165) is 25.3 Å². The maximum atomic E-state index is 11.9. The number of carbonyl (C=O) groups excluding carboxylic acids is 1. The number of benzene rings is 3. The fraction of sp³-hybridized carbons (Fsp3) is 0.130. The van der Waals surface area contributed by atoms with Crippen LogP contribution in [0, 0.1) is 10.5 Å². The minimum atomic E-state index is -0.168. The molecular formula is C23H20ClIN2O2S. The van der Waals surface area contributed by atoms with Crippen LogP contribution in [0.25, 0.3) is 0 Å². The van der Waals surface area contributed by atoms with Crippen molar-refractivity contribution in [2.24, 2.45) is 5.10 Å². The van der Waals surface area contributed by atoms with E-state index in [4.69, 9.17) is 16.3 Å². The van der Waals surface area contributed by atoms with Gasteiger partial charge in [0.05, 0.1) is 15.5 Å². The van der Waals surface area contributed by atoms with Gasteiger partial charge in [-0.15, -0.1) is 11.8 Å². The Bertz CT molecular complexity index is 1020. The number of aryl methyl sites for hydroxylation is 1. The summed E-state index contributed by atoms with van der Waals surface area (Å²) in [7, 11) is 0. The lowest BCUT2D eigenvalue weighted by molar-refractivity contribution is -0.118. The Morgan fingerprint density at radius 3 is 2.57 bits per heavy atom. The molecule has 0 aromatic heterocycles. The molecule has 0 bridgehead atoms. The zero-order chi connectivity index (χ0) is 21.3. The van der Waals surface area contributed by atoms with Crippen molar-refractivity contribution in [3.63, 3.8) is 0 Å². The number of carbonyl (C=O) groups is 1. The van der Waals surface area contributed by atoms with Gasteiger partial charge in [-0.25, -0.2) is 5.43 Å². The third kappa shape index (κ3) is 7.34. The molecule has 7 heteroatoms. The van der Waals surface area contributed by atoms with Crippen LogP contribution in [-0.2, 0) is 11.4 Å². The monoisotopic (exact) mass is 550 g/mol. The van der Waals surface area contributed by atoms with Crippen molar-refractivity contribution in [2.45, 2.75) is 18.4 Å². The van der Waals surface area contributed by atoms with Gasteiger partial charge in [-0.2, -0.15) is 5.10 Å². The molecule has 0 saturated heterocycles. The molecule has 0 radical (unpaired) electrons. The van der Waals surface area contributed by atoms with E-state index in [1.165, 1.54) is 17.3 Å². The van der Waals surface area contributed by atoms with Gasteiger partial charge in [-0.05, 0) is 83.1 Å². The first-order valence-corrected chi connectivity index (χ1v) is 11.6. The highest BCUT2D eigenvalue weighted by Crippen LogP contribution is 2.23. The Kier molecular flexibility index (Phi) is 8.60. The van der Waals surface area contributed by atoms with Crippen LogP contribution >= 0.6 is 46.0 Å². The number of hydrazone groups is 1. The van der Waals surface area contributed by atoms with Crippen LogP contribution in [0.15, 0.2) is 76.7 Å². The van der Waals surface area contributed by atoms with Crippen LogP contribution in [0.4, 0.5) is 0 Å². The van der Waals surface area contributed by atoms with E-state index in [0.29, 0.717) is 11.6 Å². The fourth-order valence-corrected chi connectivity index (χ4v) is 3.96. The molecule has 0 spiro atoms. The van der Waals surface area contributed by atoms with E-state index < -0.39 is 0 Å². The molecule has 0 unspecified atom stereocenters. The first-order chi connectivity index (χ1) is 14.5. The number of rotatable bonds is 8. The minimum absolute atomic E-state index is 0.168. The van der Waals surface area contributed by atoms with E-state index >= 15 is 0 Å². The fourth-order valence-electron chi connectivity index (χ4n) is 2.45. The van der Waals surface area contributed by atoms with Gasteiger partial charge < -0.3 is 4.74 Å². The average Bonchev–Trinajstić information content (AvgIpc) is 2.74. The SMILES string of the molecule is Cc1ccc(COc2ccc(/C=N\NC(=O)CSc3ccc(Cl)cc3)cc2I)cc1. The normalized spacial score (nSPS) is 10.9. The lowest BCUT2D eigenvalue weighted by Crippen LogP contribution is -2.19. The molecule has 3 aromatic rings. The summed E-state index contributed by atoms with van der Waals surface area (Å²) in [6, 6.07) is 21.4. The zero-order valence-electron chi connectivity index (χ0n) is 16.3. The molecule has 0 aliphatic heterocycles. The maximum absolute atomic E-state index is 11.9. The van der Waals surface area contributed by atoms with Gasteiger partial charge in [-0.1, -0.05) is 41.4 Å². The lowest BCUT2D eigenvalue weighted by atomic mass is 10.2. The summed E-state index contributed by atoms with van der Waals surface area (Å²) < 4.78 is 6.89. The highest BCUT2D eigenvalue weighted by Gasteiger charge is 2.04. The van der Waals surface area contributed by atoms with Crippen LogP contribution in [0.3, 0.4) is 0 Å². The highest BCUT2D eigenvalue weighted by molar-refractivity contribution is 14.1. The van der Waals surface area contributed by atoms with Crippen molar-refractivity contribution < 1.29 is 9.53 Å². The number of nitrogens with zero attached hydrogens (tertiary/aromatic N) is 1. The smallest absolute Gasteiger partial charge is 0.250 e. The number of hydrogen-bond acceptors (Lipinski definition) is 4. The molecule has 4 nitrogen and oxygen atoms in total. The van der Waals surface area contributed by atoms with Gasteiger partial charge in [-0.3, -0.25) is 4.79 Å². The first kappa shape index (κ1) is 22.7. The molecule has 0 aliphatic rings. The molecule has 0 aliphatic carbocycles. The highest BCUT2D eigenvalue weighted by atomic mass is 127. The predicted molar refractivity (Wildman–Crippen MR) is 133 cm³/mol. The number of nitrogens with one attached hydrogen (secondary N) is 1. The molecule has 3 rings (SSSR count). The molecule has 0 saturated carbocycles. The Hall–Kier alpha value is -2.03.